The summed E-state index contributed by atoms with van der Waals surface area (Å²) < 4.78 is 0. The molecule has 2 aromatic rings. The fourth-order valence-electron chi connectivity index (χ4n) is 3.80. The number of piperidine rings is 1. The lowest BCUT2D eigenvalue weighted by Crippen LogP contribution is -2.42. The van der Waals surface area contributed by atoms with Crippen molar-refractivity contribution in [2.45, 2.75) is 25.7 Å². The van der Waals surface area contributed by atoms with E-state index in [2.05, 4.69) is 10.2 Å². The number of hydrogen-bond acceptors (Lipinski definition) is 4. The number of benzene rings is 2. The first-order valence-electron chi connectivity index (χ1n) is 10.2. The van der Waals surface area contributed by atoms with E-state index in [4.69, 9.17) is 5.73 Å². The molecule has 1 saturated heterocycles. The largest absolute Gasteiger partial charge is 0.507 e. The first kappa shape index (κ1) is 20.9. The maximum atomic E-state index is 12.5. The third-order valence-corrected chi connectivity index (χ3v) is 5.40. The van der Waals surface area contributed by atoms with E-state index in [1.54, 1.807) is 12.1 Å². The first-order chi connectivity index (χ1) is 14.0. The number of carbonyl (C=O) groups is 2. The number of likely N-dealkylation sites (tertiary alicyclic amines) is 1. The molecule has 1 fully saturated rings. The van der Waals surface area contributed by atoms with Gasteiger partial charge in [-0.1, -0.05) is 36.4 Å². The average molecular weight is 396 g/mol. The standard InChI is InChI=1S/C23H29N3O3/c24-22(28)19-8-4-12-26(16-19)13-5-11-25-23(29)20-15-18(9-10-21(20)27)14-17-6-2-1-3-7-17/h1-3,6-7,9-10,15,19,27H,4-5,8,11-14,16H2,(H2,24,28)(H,25,29). The fraction of sp³-hybridized carbons (Fsp3) is 0.391. The van der Waals surface area contributed by atoms with Gasteiger partial charge < -0.3 is 21.1 Å². The number of carbonyl (C=O) groups excluding carboxylic acids is 2. The molecule has 0 bridgehead atoms. The van der Waals surface area contributed by atoms with Gasteiger partial charge in [-0.2, -0.15) is 0 Å². The topological polar surface area (TPSA) is 95.7 Å². The molecule has 6 heteroatoms. The Bertz CT molecular complexity index is 839. The van der Waals surface area contributed by atoms with Crippen LogP contribution < -0.4 is 11.1 Å². The maximum Gasteiger partial charge on any atom is 0.255 e. The highest BCUT2D eigenvalue weighted by atomic mass is 16.3. The van der Waals surface area contributed by atoms with Gasteiger partial charge in [-0.3, -0.25) is 9.59 Å². The Morgan fingerprint density at radius 2 is 1.93 bits per heavy atom. The molecule has 1 aliphatic rings. The molecule has 6 nitrogen and oxygen atoms in total. The van der Waals surface area contributed by atoms with E-state index in [-0.39, 0.29) is 23.5 Å². The smallest absolute Gasteiger partial charge is 0.255 e. The number of aromatic hydroxyl groups is 1. The number of hydrogen-bond donors (Lipinski definition) is 3. The predicted molar refractivity (Wildman–Crippen MR) is 113 cm³/mol. The van der Waals surface area contributed by atoms with E-state index in [1.165, 1.54) is 0 Å². The van der Waals surface area contributed by atoms with Crippen molar-refractivity contribution in [3.05, 3.63) is 65.2 Å². The highest BCUT2D eigenvalue weighted by Gasteiger charge is 2.23. The van der Waals surface area contributed by atoms with Crippen LogP contribution in [0.15, 0.2) is 48.5 Å². The molecule has 0 radical (unpaired) electrons. The molecule has 4 N–H and O–H groups in total. The van der Waals surface area contributed by atoms with Gasteiger partial charge in [-0.25, -0.2) is 0 Å². The molecule has 2 aromatic carbocycles. The summed E-state index contributed by atoms with van der Waals surface area (Å²) in [6, 6.07) is 15.2. The highest BCUT2D eigenvalue weighted by molar-refractivity contribution is 5.97. The van der Waals surface area contributed by atoms with Crippen LogP contribution in [-0.4, -0.2) is 48.0 Å². The van der Waals surface area contributed by atoms with Crippen molar-refractivity contribution in [3.63, 3.8) is 0 Å². The minimum atomic E-state index is -0.272. The summed E-state index contributed by atoms with van der Waals surface area (Å²) in [4.78, 5) is 26.1. The Kier molecular flexibility index (Phi) is 7.25. The van der Waals surface area contributed by atoms with Crippen LogP contribution >= 0.6 is 0 Å². The van der Waals surface area contributed by atoms with Crippen LogP contribution in [0.5, 0.6) is 5.75 Å². The van der Waals surface area contributed by atoms with Crippen LogP contribution in [0.2, 0.25) is 0 Å². The number of rotatable bonds is 8. The van der Waals surface area contributed by atoms with Gasteiger partial charge in [-0.15, -0.1) is 0 Å². The lowest BCUT2D eigenvalue weighted by molar-refractivity contribution is -0.123. The molecule has 1 unspecified atom stereocenters. The van der Waals surface area contributed by atoms with E-state index in [1.807, 2.05) is 36.4 Å². The number of nitrogens with two attached hydrogens (primary N) is 1. The summed E-state index contributed by atoms with van der Waals surface area (Å²) in [5, 5.41) is 13.0. The van der Waals surface area contributed by atoms with Crippen molar-refractivity contribution in [2.75, 3.05) is 26.2 Å². The lowest BCUT2D eigenvalue weighted by Gasteiger charge is -2.31. The summed E-state index contributed by atoms with van der Waals surface area (Å²) in [5.41, 5.74) is 7.84. The molecule has 29 heavy (non-hydrogen) atoms. The van der Waals surface area contributed by atoms with E-state index in [0.717, 1.165) is 43.5 Å². The Hall–Kier alpha value is -2.86. The summed E-state index contributed by atoms with van der Waals surface area (Å²) in [6.07, 6.45) is 3.32. The van der Waals surface area contributed by atoms with Crippen molar-refractivity contribution < 1.29 is 14.7 Å². The van der Waals surface area contributed by atoms with Gasteiger partial charge in [0.15, 0.2) is 0 Å². The van der Waals surface area contributed by atoms with E-state index in [0.29, 0.717) is 25.1 Å². The van der Waals surface area contributed by atoms with Gasteiger partial charge in [0.25, 0.3) is 5.91 Å². The predicted octanol–water partition coefficient (Wildman–Crippen LogP) is 2.30. The van der Waals surface area contributed by atoms with Crippen LogP contribution in [0.25, 0.3) is 0 Å². The van der Waals surface area contributed by atoms with Gasteiger partial charge >= 0.3 is 0 Å². The normalized spacial score (nSPS) is 17.0. The number of phenols is 1. The molecule has 154 valence electrons. The molecule has 1 heterocycles. The Morgan fingerprint density at radius 1 is 1.14 bits per heavy atom. The molecule has 0 spiro atoms. The zero-order valence-electron chi connectivity index (χ0n) is 16.6. The molecule has 0 saturated carbocycles. The van der Waals surface area contributed by atoms with Gasteiger partial charge in [0.05, 0.1) is 11.5 Å². The number of phenolic OH excluding ortho intramolecular Hbond substituents is 1. The van der Waals surface area contributed by atoms with Crippen LogP contribution in [-0.2, 0) is 11.2 Å². The molecule has 0 aromatic heterocycles. The summed E-state index contributed by atoms with van der Waals surface area (Å²) in [7, 11) is 0. The second-order valence-electron chi connectivity index (χ2n) is 7.67. The zero-order chi connectivity index (χ0) is 20.6. The SMILES string of the molecule is NC(=O)C1CCCN(CCCNC(=O)c2cc(Cc3ccccc3)ccc2O)C1. The van der Waals surface area contributed by atoms with Crippen LogP contribution in [0.4, 0.5) is 0 Å². The highest BCUT2D eigenvalue weighted by Crippen LogP contribution is 2.20. The second-order valence-corrected chi connectivity index (χ2v) is 7.67. The number of nitrogens with one attached hydrogen (secondary N) is 1. The number of nitrogens with zero attached hydrogens (tertiary/aromatic N) is 1. The molecular weight excluding hydrogens is 366 g/mol. The zero-order valence-corrected chi connectivity index (χ0v) is 16.6. The van der Waals surface area contributed by atoms with Gasteiger partial charge in [0, 0.05) is 13.1 Å². The minimum Gasteiger partial charge on any atom is -0.507 e. The Balaban J connectivity index is 1.49. The lowest BCUT2D eigenvalue weighted by atomic mass is 9.97. The molecule has 0 aliphatic carbocycles. The summed E-state index contributed by atoms with van der Waals surface area (Å²) >= 11 is 0. The van der Waals surface area contributed by atoms with Gasteiger partial charge in [0.2, 0.25) is 5.91 Å². The van der Waals surface area contributed by atoms with Crippen LogP contribution in [0.3, 0.4) is 0 Å². The van der Waals surface area contributed by atoms with Gasteiger partial charge in [0.1, 0.15) is 5.75 Å². The van der Waals surface area contributed by atoms with Crippen molar-refractivity contribution in [3.8, 4) is 5.75 Å². The van der Waals surface area contributed by atoms with E-state index in [9.17, 15) is 14.7 Å². The van der Waals surface area contributed by atoms with Crippen LogP contribution in [0.1, 0.15) is 40.7 Å². The van der Waals surface area contributed by atoms with Crippen LogP contribution in [0, 0.1) is 5.92 Å². The van der Waals surface area contributed by atoms with E-state index >= 15 is 0 Å². The summed E-state index contributed by atoms with van der Waals surface area (Å²) in [5.74, 6) is -0.581. The molecule has 2 amide bonds. The third kappa shape index (κ3) is 6.06. The third-order valence-electron chi connectivity index (χ3n) is 5.40. The molecule has 1 atom stereocenters. The number of amides is 2. The van der Waals surface area contributed by atoms with Crippen molar-refractivity contribution >= 4 is 11.8 Å². The quantitative estimate of drug-likeness (QED) is 0.598. The summed E-state index contributed by atoms with van der Waals surface area (Å²) in [6.45, 7) is 2.98. The first-order valence-corrected chi connectivity index (χ1v) is 10.2. The number of primary amides is 1. The molecule has 3 rings (SSSR count). The Morgan fingerprint density at radius 3 is 2.69 bits per heavy atom. The van der Waals surface area contributed by atoms with Crippen molar-refractivity contribution in [2.24, 2.45) is 11.7 Å². The van der Waals surface area contributed by atoms with Gasteiger partial charge in [-0.05, 0) is 62.0 Å². The second kappa shape index (κ2) is 10.1. The average Bonchev–Trinajstić information content (AvgIpc) is 2.73. The fourth-order valence-corrected chi connectivity index (χ4v) is 3.80. The van der Waals surface area contributed by atoms with Crippen molar-refractivity contribution in [1.82, 2.24) is 10.2 Å². The maximum absolute atomic E-state index is 12.5. The van der Waals surface area contributed by atoms with Crippen molar-refractivity contribution in [1.29, 1.82) is 0 Å². The molecule has 1 aliphatic heterocycles. The van der Waals surface area contributed by atoms with E-state index < -0.39 is 0 Å². The molecular formula is C23H29N3O3. The monoisotopic (exact) mass is 395 g/mol. The Labute approximate surface area is 171 Å². The minimum absolute atomic E-state index is 0.0142.